The van der Waals surface area contributed by atoms with Gasteiger partial charge in [0.2, 0.25) is 0 Å². The van der Waals surface area contributed by atoms with Gasteiger partial charge in [-0.25, -0.2) is 9.78 Å². The van der Waals surface area contributed by atoms with Crippen molar-refractivity contribution in [3.05, 3.63) is 18.3 Å². The molecule has 5 nitrogen and oxygen atoms in total. The van der Waals surface area contributed by atoms with Gasteiger partial charge in [0.15, 0.2) is 0 Å². The van der Waals surface area contributed by atoms with E-state index in [1.807, 2.05) is 18.4 Å². The van der Waals surface area contributed by atoms with E-state index in [4.69, 9.17) is 0 Å². The van der Waals surface area contributed by atoms with Crippen molar-refractivity contribution < 1.29 is 4.79 Å². The fraction of sp³-hybridized carbons (Fsp3) is 0.571. The van der Waals surface area contributed by atoms with E-state index in [-0.39, 0.29) is 6.03 Å². The fourth-order valence-corrected chi connectivity index (χ4v) is 2.61. The van der Waals surface area contributed by atoms with E-state index in [2.05, 4.69) is 20.5 Å². The number of hydrogen-bond donors (Lipinski definition) is 2. The topological polar surface area (TPSA) is 57.3 Å². The SMILES string of the molecule is CSc1ccc(NC(=O)NCCN2CCCCC2)nc1. The van der Waals surface area contributed by atoms with Crippen LogP contribution in [0.25, 0.3) is 0 Å². The second kappa shape index (κ2) is 8.11. The molecule has 0 aromatic carbocycles. The van der Waals surface area contributed by atoms with Gasteiger partial charge >= 0.3 is 6.03 Å². The molecule has 110 valence electrons. The number of aromatic nitrogens is 1. The lowest BCUT2D eigenvalue weighted by atomic mass is 10.1. The molecule has 0 radical (unpaired) electrons. The van der Waals surface area contributed by atoms with Crippen molar-refractivity contribution in [3.8, 4) is 0 Å². The minimum atomic E-state index is -0.189. The average Bonchev–Trinajstić information content (AvgIpc) is 2.49. The molecule has 6 heteroatoms. The molecule has 0 spiro atoms. The summed E-state index contributed by atoms with van der Waals surface area (Å²) in [6.45, 7) is 3.91. The molecule has 0 aliphatic carbocycles. The van der Waals surface area contributed by atoms with Crippen LogP contribution >= 0.6 is 11.8 Å². The summed E-state index contributed by atoms with van der Waals surface area (Å²) in [5.74, 6) is 0.582. The lowest BCUT2D eigenvalue weighted by Gasteiger charge is -2.26. The van der Waals surface area contributed by atoms with Crippen molar-refractivity contribution in [2.24, 2.45) is 0 Å². The van der Waals surface area contributed by atoms with Crippen LogP contribution in [-0.2, 0) is 0 Å². The number of piperidine rings is 1. The lowest BCUT2D eigenvalue weighted by Crippen LogP contribution is -2.39. The van der Waals surface area contributed by atoms with Gasteiger partial charge in [-0.3, -0.25) is 5.32 Å². The van der Waals surface area contributed by atoms with Crippen LogP contribution in [0.15, 0.2) is 23.2 Å². The van der Waals surface area contributed by atoms with Crippen LogP contribution in [0.2, 0.25) is 0 Å². The third kappa shape index (κ3) is 5.02. The number of urea groups is 1. The molecule has 2 N–H and O–H groups in total. The Bertz CT molecular complexity index is 418. The molecule has 0 unspecified atom stereocenters. The van der Waals surface area contributed by atoms with Crippen molar-refractivity contribution in [3.63, 3.8) is 0 Å². The van der Waals surface area contributed by atoms with Crippen LogP contribution in [-0.4, -0.2) is 48.3 Å². The third-order valence-electron chi connectivity index (χ3n) is 3.38. The summed E-state index contributed by atoms with van der Waals surface area (Å²) < 4.78 is 0. The first-order valence-electron chi connectivity index (χ1n) is 7.05. The van der Waals surface area contributed by atoms with Gasteiger partial charge in [-0.1, -0.05) is 6.42 Å². The highest BCUT2D eigenvalue weighted by Crippen LogP contribution is 2.14. The van der Waals surface area contributed by atoms with Crippen molar-refractivity contribution in [1.82, 2.24) is 15.2 Å². The predicted molar refractivity (Wildman–Crippen MR) is 83.3 cm³/mol. The van der Waals surface area contributed by atoms with Gasteiger partial charge in [-0.2, -0.15) is 0 Å². The van der Waals surface area contributed by atoms with Crippen LogP contribution in [0.3, 0.4) is 0 Å². The van der Waals surface area contributed by atoms with Crippen molar-refractivity contribution in [2.75, 3.05) is 37.8 Å². The van der Waals surface area contributed by atoms with E-state index < -0.39 is 0 Å². The van der Waals surface area contributed by atoms with Gasteiger partial charge in [0.25, 0.3) is 0 Å². The largest absolute Gasteiger partial charge is 0.337 e. The van der Waals surface area contributed by atoms with Crippen molar-refractivity contribution in [1.29, 1.82) is 0 Å². The Kier molecular flexibility index (Phi) is 6.14. The van der Waals surface area contributed by atoms with Gasteiger partial charge in [0.1, 0.15) is 5.82 Å². The summed E-state index contributed by atoms with van der Waals surface area (Å²) in [6.07, 6.45) is 7.64. The number of nitrogens with one attached hydrogen (secondary N) is 2. The minimum absolute atomic E-state index is 0.189. The van der Waals surface area contributed by atoms with Gasteiger partial charge in [-0.15, -0.1) is 11.8 Å². The fourth-order valence-electron chi connectivity index (χ4n) is 2.25. The van der Waals surface area contributed by atoms with Crippen LogP contribution in [0.5, 0.6) is 0 Å². The van der Waals surface area contributed by atoms with E-state index >= 15 is 0 Å². The number of carbonyl (C=O) groups is 1. The van der Waals surface area contributed by atoms with E-state index in [9.17, 15) is 4.79 Å². The number of hydrogen-bond acceptors (Lipinski definition) is 4. The molecular formula is C14H22N4OS. The van der Waals surface area contributed by atoms with Crippen LogP contribution in [0, 0.1) is 0 Å². The molecule has 0 atom stereocenters. The Morgan fingerprint density at radius 2 is 2.15 bits per heavy atom. The molecule has 1 aromatic rings. The highest BCUT2D eigenvalue weighted by Gasteiger charge is 2.10. The summed E-state index contributed by atoms with van der Waals surface area (Å²) in [4.78, 5) is 19.4. The Morgan fingerprint density at radius 3 is 2.80 bits per heavy atom. The molecule has 2 heterocycles. The summed E-state index contributed by atoms with van der Waals surface area (Å²) in [5, 5.41) is 5.61. The number of thioether (sulfide) groups is 1. The first-order chi connectivity index (χ1) is 9.78. The van der Waals surface area contributed by atoms with E-state index in [0.717, 1.165) is 24.5 Å². The summed E-state index contributed by atoms with van der Waals surface area (Å²) >= 11 is 1.63. The minimum Gasteiger partial charge on any atom is -0.337 e. The molecule has 20 heavy (non-hydrogen) atoms. The van der Waals surface area contributed by atoms with E-state index in [1.54, 1.807) is 18.0 Å². The molecule has 2 rings (SSSR count). The van der Waals surface area contributed by atoms with Crippen LogP contribution in [0.4, 0.5) is 10.6 Å². The van der Waals surface area contributed by atoms with E-state index in [0.29, 0.717) is 12.4 Å². The van der Waals surface area contributed by atoms with Gasteiger partial charge in [0, 0.05) is 24.2 Å². The molecule has 1 fully saturated rings. The molecule has 0 saturated carbocycles. The highest BCUT2D eigenvalue weighted by atomic mass is 32.2. The van der Waals surface area contributed by atoms with Crippen LogP contribution in [0.1, 0.15) is 19.3 Å². The molecular weight excluding hydrogens is 272 g/mol. The zero-order valence-electron chi connectivity index (χ0n) is 11.9. The molecule has 0 bridgehead atoms. The molecule has 1 aliphatic rings. The summed E-state index contributed by atoms with van der Waals surface area (Å²) in [6, 6.07) is 3.57. The first-order valence-corrected chi connectivity index (χ1v) is 8.27. The Labute approximate surface area is 124 Å². The second-order valence-electron chi connectivity index (χ2n) is 4.87. The average molecular weight is 294 g/mol. The zero-order chi connectivity index (χ0) is 14.2. The number of amides is 2. The van der Waals surface area contributed by atoms with Crippen molar-refractivity contribution in [2.45, 2.75) is 24.2 Å². The first kappa shape index (κ1) is 15.1. The smallest absolute Gasteiger partial charge is 0.320 e. The monoisotopic (exact) mass is 294 g/mol. The standard InChI is InChI=1S/C14H22N4OS/c1-20-12-5-6-13(16-11-12)17-14(19)15-7-10-18-8-3-2-4-9-18/h5-6,11H,2-4,7-10H2,1H3,(H2,15,16,17,19). The third-order valence-corrected chi connectivity index (χ3v) is 4.09. The summed E-state index contributed by atoms with van der Waals surface area (Å²) in [7, 11) is 0. The van der Waals surface area contributed by atoms with Gasteiger partial charge in [0.05, 0.1) is 0 Å². The summed E-state index contributed by atoms with van der Waals surface area (Å²) in [5.41, 5.74) is 0. The number of anilines is 1. The maximum absolute atomic E-state index is 11.7. The Balaban J connectivity index is 1.66. The lowest BCUT2D eigenvalue weighted by molar-refractivity contribution is 0.224. The molecule has 1 aromatic heterocycles. The number of carbonyl (C=O) groups excluding carboxylic acids is 1. The number of rotatable bonds is 5. The molecule has 1 aliphatic heterocycles. The maximum atomic E-state index is 11.7. The number of likely N-dealkylation sites (tertiary alicyclic amines) is 1. The van der Waals surface area contributed by atoms with Crippen LogP contribution < -0.4 is 10.6 Å². The second-order valence-corrected chi connectivity index (χ2v) is 5.75. The normalized spacial score (nSPS) is 15.8. The van der Waals surface area contributed by atoms with Gasteiger partial charge in [-0.05, 0) is 44.3 Å². The number of pyridine rings is 1. The molecule has 1 saturated heterocycles. The van der Waals surface area contributed by atoms with Crippen molar-refractivity contribution >= 4 is 23.6 Å². The molecule has 2 amide bonds. The Hall–Kier alpha value is -1.27. The zero-order valence-corrected chi connectivity index (χ0v) is 12.7. The quantitative estimate of drug-likeness (QED) is 0.819. The maximum Gasteiger partial charge on any atom is 0.320 e. The number of nitrogens with zero attached hydrogens (tertiary/aromatic N) is 2. The highest BCUT2D eigenvalue weighted by molar-refractivity contribution is 7.98. The Morgan fingerprint density at radius 1 is 1.35 bits per heavy atom. The van der Waals surface area contributed by atoms with E-state index in [1.165, 1.54) is 19.3 Å². The van der Waals surface area contributed by atoms with Gasteiger partial charge < -0.3 is 10.2 Å². The predicted octanol–water partition coefficient (Wildman–Crippen LogP) is 2.41.